The largest absolute Gasteiger partial charge is 0.496 e. The molecule has 2 aromatic heterocycles. The molecule has 0 fully saturated rings. The summed E-state index contributed by atoms with van der Waals surface area (Å²) in [6.07, 6.45) is 1.62. The van der Waals surface area contributed by atoms with Crippen molar-refractivity contribution in [3.05, 3.63) is 59.0 Å². The highest BCUT2D eigenvalue weighted by atomic mass is 19.2. The van der Waals surface area contributed by atoms with Gasteiger partial charge in [0, 0.05) is 24.1 Å². The molecule has 0 bridgehead atoms. The van der Waals surface area contributed by atoms with Gasteiger partial charge in [-0.25, -0.2) is 4.98 Å². The van der Waals surface area contributed by atoms with Gasteiger partial charge >= 0.3 is 0 Å². The van der Waals surface area contributed by atoms with Gasteiger partial charge in [-0.2, -0.15) is 9.65 Å². The Hall–Kier alpha value is -3.37. The summed E-state index contributed by atoms with van der Waals surface area (Å²) in [4.78, 5) is 10.0. The predicted molar refractivity (Wildman–Crippen MR) is 99.3 cm³/mol. The van der Waals surface area contributed by atoms with Gasteiger partial charge in [0.1, 0.15) is 5.75 Å². The lowest BCUT2D eigenvalue weighted by molar-refractivity contribution is -0.0980. The van der Waals surface area contributed by atoms with Crippen molar-refractivity contribution < 1.29 is 18.0 Å². The van der Waals surface area contributed by atoms with E-state index in [-0.39, 0.29) is 17.1 Å². The number of aryl methyl sites for hydroxylation is 1. The molecular weight excluding hydrogens is 347 g/mol. The second-order valence-electron chi connectivity index (χ2n) is 6.16. The quantitative estimate of drug-likeness (QED) is 0.570. The van der Waals surface area contributed by atoms with Crippen LogP contribution in [-0.2, 0) is 10.6 Å². The van der Waals surface area contributed by atoms with E-state index < -0.39 is 12.9 Å². The van der Waals surface area contributed by atoms with Gasteiger partial charge in [-0.1, -0.05) is 0 Å². The minimum Gasteiger partial charge on any atom is -0.496 e. The Morgan fingerprint density at radius 1 is 1.33 bits per heavy atom. The van der Waals surface area contributed by atoms with Crippen LogP contribution >= 0.6 is 0 Å². The third-order valence-electron chi connectivity index (χ3n) is 4.60. The number of hydrogen-bond acceptors (Lipinski definition) is 4. The summed E-state index contributed by atoms with van der Waals surface area (Å²) < 4.78 is 49.8. The molecule has 6 nitrogen and oxygen atoms in total. The molecule has 4 rings (SSSR count). The number of alkyl halides is 1. The Labute approximate surface area is 158 Å². The molecule has 0 aliphatic rings. The van der Waals surface area contributed by atoms with Crippen LogP contribution in [0.15, 0.2) is 36.5 Å². The molecule has 2 N–H and O–H groups in total. The highest BCUT2D eigenvalue weighted by molar-refractivity contribution is 5.89. The lowest BCUT2D eigenvalue weighted by Crippen LogP contribution is -2.27. The van der Waals surface area contributed by atoms with Crippen molar-refractivity contribution >= 4 is 21.9 Å². The fourth-order valence-electron chi connectivity index (χ4n) is 3.32. The number of halogens is 1. The molecule has 0 spiro atoms. The Bertz CT molecular complexity index is 1310. The van der Waals surface area contributed by atoms with Crippen molar-refractivity contribution in [2.75, 3.05) is 14.1 Å². The number of benzene rings is 2. The van der Waals surface area contributed by atoms with E-state index in [4.69, 9.17) is 18.8 Å². The molecule has 0 amide bonds. The van der Waals surface area contributed by atoms with E-state index in [0.717, 1.165) is 5.56 Å². The minimum atomic E-state index is -3.08. The Morgan fingerprint density at radius 2 is 2.19 bits per heavy atom. The van der Waals surface area contributed by atoms with E-state index >= 15 is 4.39 Å². The average Bonchev–Trinajstić information content (AvgIpc) is 3.33. The summed E-state index contributed by atoms with van der Waals surface area (Å²) in [5.41, 5.74) is 2.36. The first kappa shape index (κ1) is 13.8. The highest BCUT2D eigenvalue weighted by Crippen LogP contribution is 2.44. The number of imidazole rings is 1. The van der Waals surface area contributed by atoms with Crippen molar-refractivity contribution in [2.24, 2.45) is 0 Å². The summed E-state index contributed by atoms with van der Waals surface area (Å²) in [6.45, 7) is 1.82. The summed E-state index contributed by atoms with van der Waals surface area (Å²) in [5, 5.41) is 9.51. The average molecular weight is 367 g/mol. The maximum absolute atomic E-state index is 16.7. The molecule has 1 unspecified atom stereocenters. The number of rotatable bonds is 4. The molecule has 2 heterocycles. The topological polar surface area (TPSA) is 86.7 Å². The molecule has 0 aliphatic carbocycles. The molecule has 27 heavy (non-hydrogen) atoms. The molecule has 7 heteroatoms. The van der Waals surface area contributed by atoms with Crippen LogP contribution in [0.2, 0.25) is 0 Å². The van der Waals surface area contributed by atoms with Crippen LogP contribution in [0.1, 0.15) is 26.6 Å². The van der Waals surface area contributed by atoms with Crippen molar-refractivity contribution in [3.8, 4) is 11.8 Å². The van der Waals surface area contributed by atoms with Gasteiger partial charge in [-0.3, -0.25) is 0 Å². The molecule has 0 radical (unpaired) electrons. The number of fused-ring (bicyclic) bond motifs is 2. The van der Waals surface area contributed by atoms with Crippen LogP contribution in [0.25, 0.3) is 21.9 Å². The number of ether oxygens (including phenoxy) is 2. The zero-order chi connectivity index (χ0) is 21.7. The first-order chi connectivity index (χ1) is 14.2. The van der Waals surface area contributed by atoms with Crippen molar-refractivity contribution in [3.63, 3.8) is 0 Å². The molecule has 1 atom stereocenters. The lowest BCUT2D eigenvalue weighted by Gasteiger charge is -2.25. The van der Waals surface area contributed by atoms with Crippen LogP contribution in [-0.4, -0.2) is 29.1 Å². The number of nitrogens with zero attached hydrogens (tertiary/aromatic N) is 2. The molecule has 0 saturated carbocycles. The van der Waals surface area contributed by atoms with Crippen molar-refractivity contribution in [1.82, 2.24) is 15.0 Å². The maximum atomic E-state index is 16.7. The van der Waals surface area contributed by atoms with Gasteiger partial charge in [0.25, 0.3) is 5.85 Å². The number of nitrogens with one attached hydrogen (secondary N) is 2. The fourth-order valence-corrected chi connectivity index (χ4v) is 3.32. The smallest absolute Gasteiger partial charge is 0.298 e. The van der Waals surface area contributed by atoms with Crippen LogP contribution in [0.3, 0.4) is 0 Å². The molecule has 0 saturated heterocycles. The van der Waals surface area contributed by atoms with Crippen molar-refractivity contribution in [2.45, 2.75) is 12.8 Å². The third kappa shape index (κ3) is 2.46. The first-order valence-corrected chi connectivity index (χ1v) is 8.11. The number of aromatic amines is 2. The predicted octanol–water partition coefficient (Wildman–Crippen LogP) is 4.05. The van der Waals surface area contributed by atoms with Gasteiger partial charge in [0.05, 0.1) is 39.5 Å². The maximum Gasteiger partial charge on any atom is 0.298 e. The van der Waals surface area contributed by atoms with Gasteiger partial charge < -0.3 is 19.4 Å². The summed E-state index contributed by atoms with van der Waals surface area (Å²) in [5.74, 6) is -3.24. The standard InChI is InChI=1S/C20H17FN4O2/c1-11-8-16(26-2)17(13-6-7-23-18(11)13)20(21,27-3)19-24-14-5-4-12(10-22)9-15(14)25-19/h4-9,23H,1-3H3,(H,24,25)/i3D3. The minimum absolute atomic E-state index is 0.115. The van der Waals surface area contributed by atoms with E-state index in [1.807, 2.05) is 13.0 Å². The van der Waals surface area contributed by atoms with E-state index in [1.165, 1.54) is 19.2 Å². The first-order valence-electron chi connectivity index (χ1n) is 9.61. The monoisotopic (exact) mass is 367 g/mol. The Balaban J connectivity index is 2.05. The molecule has 136 valence electrons. The normalized spacial score (nSPS) is 15.7. The van der Waals surface area contributed by atoms with Crippen LogP contribution < -0.4 is 4.74 Å². The van der Waals surface area contributed by atoms with Crippen molar-refractivity contribution in [1.29, 1.82) is 5.26 Å². The molecule has 4 aromatic rings. The van der Waals surface area contributed by atoms with Crippen LogP contribution in [0.4, 0.5) is 4.39 Å². The number of nitriles is 1. The second-order valence-corrected chi connectivity index (χ2v) is 6.16. The van der Waals surface area contributed by atoms with Gasteiger partial charge in [-0.05, 0) is 42.8 Å². The van der Waals surface area contributed by atoms with E-state index in [1.54, 1.807) is 24.4 Å². The van der Waals surface area contributed by atoms with Gasteiger partial charge in [0.15, 0.2) is 5.82 Å². The Morgan fingerprint density at radius 3 is 2.93 bits per heavy atom. The zero-order valence-corrected chi connectivity index (χ0v) is 14.6. The van der Waals surface area contributed by atoms with Gasteiger partial charge in [0.2, 0.25) is 0 Å². The van der Waals surface area contributed by atoms with E-state index in [9.17, 15) is 0 Å². The zero-order valence-electron chi connectivity index (χ0n) is 17.6. The van der Waals surface area contributed by atoms with Gasteiger partial charge in [-0.15, -0.1) is 0 Å². The van der Waals surface area contributed by atoms with Crippen LogP contribution in [0, 0.1) is 18.3 Å². The second kappa shape index (κ2) is 6.11. The number of hydrogen-bond donors (Lipinski definition) is 2. The third-order valence-corrected chi connectivity index (χ3v) is 4.60. The summed E-state index contributed by atoms with van der Waals surface area (Å²) in [7, 11) is -1.71. The molecule has 0 aliphatic heterocycles. The SMILES string of the molecule is [2H]C([2H])([2H])OC(F)(c1nc2ccc(C#N)cc2[nH]1)c1c(OC)cc(C)c2[nH]ccc12. The molecule has 2 aromatic carbocycles. The number of methoxy groups -OCH3 is 2. The number of H-pyrrole nitrogens is 2. The van der Waals surface area contributed by atoms with E-state index in [0.29, 0.717) is 27.5 Å². The summed E-state index contributed by atoms with van der Waals surface area (Å²) >= 11 is 0. The van der Waals surface area contributed by atoms with E-state index in [2.05, 4.69) is 15.0 Å². The highest BCUT2D eigenvalue weighted by Gasteiger charge is 2.42. The Kier molecular flexibility index (Phi) is 3.12. The number of aromatic nitrogens is 3. The van der Waals surface area contributed by atoms with Crippen LogP contribution in [0.5, 0.6) is 5.75 Å². The molecular formula is C20H17FN4O2. The lowest BCUT2D eigenvalue weighted by atomic mass is 9.98. The summed E-state index contributed by atoms with van der Waals surface area (Å²) in [6, 6.07) is 9.79. The fraction of sp³-hybridized carbons (Fsp3) is 0.200.